The van der Waals surface area contributed by atoms with Crippen molar-refractivity contribution in [1.29, 1.82) is 0 Å². The molecule has 1 N–H and O–H groups in total. The van der Waals surface area contributed by atoms with E-state index < -0.39 is 17.7 Å². The summed E-state index contributed by atoms with van der Waals surface area (Å²) in [6, 6.07) is 17.1. The molecule has 0 radical (unpaired) electrons. The second-order valence-electron chi connectivity index (χ2n) is 9.29. The van der Waals surface area contributed by atoms with Crippen molar-refractivity contribution in [1.82, 2.24) is 9.88 Å². The fraction of sp³-hybridized carbons (Fsp3) is 0.323. The lowest BCUT2D eigenvalue weighted by atomic mass is 9.95. The summed E-state index contributed by atoms with van der Waals surface area (Å²) in [5.74, 6) is -0.291. The van der Waals surface area contributed by atoms with Crippen LogP contribution in [0.3, 0.4) is 0 Å². The SMILES string of the molecule is CCCCCOc1cccc(C2C(=C(O)c3ccc(OCCC)cc3)C(=O)C(=O)N2Cc2cccnc2)c1. The Balaban J connectivity index is 1.73. The number of unbranched alkanes of at least 4 members (excludes halogenated alkanes) is 2. The van der Waals surface area contributed by atoms with Crippen molar-refractivity contribution in [3.05, 3.63) is 95.3 Å². The van der Waals surface area contributed by atoms with E-state index >= 15 is 0 Å². The topological polar surface area (TPSA) is 89.0 Å². The van der Waals surface area contributed by atoms with Crippen molar-refractivity contribution in [2.75, 3.05) is 13.2 Å². The Hall–Kier alpha value is -4.13. The maximum atomic E-state index is 13.4. The van der Waals surface area contributed by atoms with Crippen LogP contribution in [0.2, 0.25) is 0 Å². The Labute approximate surface area is 223 Å². The van der Waals surface area contributed by atoms with Gasteiger partial charge in [0.1, 0.15) is 17.3 Å². The maximum absolute atomic E-state index is 13.4. The summed E-state index contributed by atoms with van der Waals surface area (Å²) in [4.78, 5) is 32.3. The minimum Gasteiger partial charge on any atom is -0.507 e. The number of nitrogens with zero attached hydrogens (tertiary/aromatic N) is 2. The number of Topliss-reactive ketones (excluding diaryl/α,β-unsaturated/α-hetero) is 1. The van der Waals surface area contributed by atoms with E-state index in [4.69, 9.17) is 9.47 Å². The van der Waals surface area contributed by atoms with Crippen LogP contribution >= 0.6 is 0 Å². The number of amides is 1. The average Bonchev–Trinajstić information content (AvgIpc) is 3.20. The molecule has 1 amide bonds. The van der Waals surface area contributed by atoms with Gasteiger partial charge in [-0.1, -0.05) is 44.9 Å². The summed E-state index contributed by atoms with van der Waals surface area (Å²) in [6.45, 7) is 5.50. The molecular formula is C31H34N2O5. The van der Waals surface area contributed by atoms with Crippen LogP contribution in [0, 0.1) is 0 Å². The molecule has 198 valence electrons. The first-order chi connectivity index (χ1) is 18.5. The molecule has 4 rings (SSSR count). The summed E-state index contributed by atoms with van der Waals surface area (Å²) in [5, 5.41) is 11.4. The van der Waals surface area contributed by atoms with E-state index in [0.29, 0.717) is 35.8 Å². The molecule has 1 unspecified atom stereocenters. The number of benzene rings is 2. The average molecular weight is 515 g/mol. The molecule has 1 atom stereocenters. The van der Waals surface area contributed by atoms with Gasteiger partial charge in [0.2, 0.25) is 0 Å². The van der Waals surface area contributed by atoms with Crippen LogP contribution in [0.1, 0.15) is 62.3 Å². The molecule has 1 aliphatic rings. The molecule has 38 heavy (non-hydrogen) atoms. The standard InChI is InChI=1S/C31H34N2O5/c1-3-5-6-18-38-26-11-7-10-24(19-26)28-27(29(34)23-12-14-25(15-13-23)37-17-4-2)30(35)31(36)33(28)21-22-9-8-16-32-20-22/h7-16,19-20,28,34H,3-6,17-18,21H2,1-2H3. The number of pyridine rings is 1. The van der Waals surface area contributed by atoms with E-state index in [1.807, 2.05) is 37.3 Å². The third kappa shape index (κ3) is 6.22. The van der Waals surface area contributed by atoms with Crippen molar-refractivity contribution in [2.45, 2.75) is 52.1 Å². The molecule has 0 spiro atoms. The molecule has 0 saturated carbocycles. The number of hydrogen-bond donors (Lipinski definition) is 1. The fourth-order valence-corrected chi connectivity index (χ4v) is 4.48. The smallest absolute Gasteiger partial charge is 0.295 e. The number of carbonyl (C=O) groups excluding carboxylic acids is 2. The van der Waals surface area contributed by atoms with Gasteiger partial charge in [-0.3, -0.25) is 14.6 Å². The van der Waals surface area contributed by atoms with Gasteiger partial charge in [0, 0.05) is 24.5 Å². The molecule has 1 saturated heterocycles. The van der Waals surface area contributed by atoms with E-state index in [0.717, 1.165) is 31.2 Å². The van der Waals surface area contributed by atoms with Crippen LogP contribution in [0.5, 0.6) is 11.5 Å². The number of aliphatic hydroxyl groups excluding tert-OH is 1. The third-order valence-electron chi connectivity index (χ3n) is 6.41. The summed E-state index contributed by atoms with van der Waals surface area (Å²) in [7, 11) is 0. The van der Waals surface area contributed by atoms with Gasteiger partial charge in [-0.15, -0.1) is 0 Å². The first-order valence-corrected chi connectivity index (χ1v) is 13.2. The minimum atomic E-state index is -0.787. The van der Waals surface area contributed by atoms with Crippen molar-refractivity contribution < 1.29 is 24.2 Å². The van der Waals surface area contributed by atoms with Gasteiger partial charge in [-0.25, -0.2) is 0 Å². The van der Waals surface area contributed by atoms with Crippen LogP contribution < -0.4 is 9.47 Å². The van der Waals surface area contributed by atoms with Gasteiger partial charge in [0.25, 0.3) is 11.7 Å². The number of hydrogen-bond acceptors (Lipinski definition) is 6. The molecule has 7 heteroatoms. The number of ether oxygens (including phenoxy) is 2. The van der Waals surface area contributed by atoms with Gasteiger partial charge in [-0.2, -0.15) is 0 Å². The molecule has 2 heterocycles. The summed E-state index contributed by atoms with van der Waals surface area (Å²) < 4.78 is 11.6. The molecule has 1 aliphatic heterocycles. The second kappa shape index (κ2) is 12.9. The van der Waals surface area contributed by atoms with Crippen LogP contribution in [0.15, 0.2) is 78.6 Å². The minimum absolute atomic E-state index is 0.0456. The summed E-state index contributed by atoms with van der Waals surface area (Å²) in [6.07, 6.45) is 7.31. The van der Waals surface area contributed by atoms with E-state index in [9.17, 15) is 14.7 Å². The monoisotopic (exact) mass is 514 g/mol. The summed E-state index contributed by atoms with van der Waals surface area (Å²) in [5.41, 5.74) is 1.95. The first kappa shape index (κ1) is 26.9. The highest BCUT2D eigenvalue weighted by molar-refractivity contribution is 6.46. The van der Waals surface area contributed by atoms with Crippen LogP contribution in [0.4, 0.5) is 0 Å². The molecule has 3 aromatic rings. The van der Waals surface area contributed by atoms with Gasteiger partial charge in [0.15, 0.2) is 0 Å². The lowest BCUT2D eigenvalue weighted by Gasteiger charge is -2.25. The maximum Gasteiger partial charge on any atom is 0.295 e. The van der Waals surface area contributed by atoms with Gasteiger partial charge in [-0.05, 0) is 66.4 Å². The highest BCUT2D eigenvalue weighted by Gasteiger charge is 2.46. The van der Waals surface area contributed by atoms with Crippen molar-refractivity contribution in [3.63, 3.8) is 0 Å². The Bertz CT molecular complexity index is 1270. The predicted octanol–water partition coefficient (Wildman–Crippen LogP) is 6.06. The summed E-state index contributed by atoms with van der Waals surface area (Å²) >= 11 is 0. The van der Waals surface area contributed by atoms with Gasteiger partial charge >= 0.3 is 0 Å². The van der Waals surface area contributed by atoms with Crippen molar-refractivity contribution in [2.24, 2.45) is 0 Å². The fourth-order valence-electron chi connectivity index (χ4n) is 4.48. The number of aromatic nitrogens is 1. The van der Waals surface area contributed by atoms with Crippen molar-refractivity contribution >= 4 is 17.4 Å². The lowest BCUT2D eigenvalue weighted by Crippen LogP contribution is -2.29. The Morgan fingerprint density at radius 3 is 2.42 bits per heavy atom. The molecular weight excluding hydrogens is 480 g/mol. The highest BCUT2D eigenvalue weighted by atomic mass is 16.5. The first-order valence-electron chi connectivity index (χ1n) is 13.2. The Morgan fingerprint density at radius 2 is 1.71 bits per heavy atom. The molecule has 7 nitrogen and oxygen atoms in total. The number of carbonyl (C=O) groups is 2. The Morgan fingerprint density at radius 1 is 0.921 bits per heavy atom. The molecule has 0 aliphatic carbocycles. The number of likely N-dealkylation sites (tertiary alicyclic amines) is 1. The largest absolute Gasteiger partial charge is 0.507 e. The molecule has 0 bridgehead atoms. The molecule has 1 fully saturated rings. The van der Waals surface area contributed by atoms with E-state index in [-0.39, 0.29) is 17.9 Å². The zero-order valence-corrected chi connectivity index (χ0v) is 21.9. The zero-order chi connectivity index (χ0) is 26.9. The molecule has 1 aromatic heterocycles. The predicted molar refractivity (Wildman–Crippen MR) is 146 cm³/mol. The van der Waals surface area contributed by atoms with E-state index in [2.05, 4.69) is 11.9 Å². The van der Waals surface area contributed by atoms with Crippen LogP contribution in [0.25, 0.3) is 5.76 Å². The van der Waals surface area contributed by atoms with Crippen LogP contribution in [-0.4, -0.2) is 39.9 Å². The zero-order valence-electron chi connectivity index (χ0n) is 21.9. The van der Waals surface area contributed by atoms with E-state index in [1.54, 1.807) is 42.7 Å². The lowest BCUT2D eigenvalue weighted by molar-refractivity contribution is -0.140. The van der Waals surface area contributed by atoms with E-state index in [1.165, 1.54) is 4.90 Å². The number of ketones is 1. The number of rotatable bonds is 12. The Kier molecular flexibility index (Phi) is 9.14. The van der Waals surface area contributed by atoms with Gasteiger partial charge in [0.05, 0.1) is 24.8 Å². The quantitative estimate of drug-likeness (QED) is 0.137. The second-order valence-corrected chi connectivity index (χ2v) is 9.29. The normalized spacial score (nSPS) is 16.6. The van der Waals surface area contributed by atoms with Crippen LogP contribution in [-0.2, 0) is 16.1 Å². The molecule has 2 aromatic carbocycles. The number of aliphatic hydroxyl groups is 1. The van der Waals surface area contributed by atoms with Gasteiger partial charge < -0.3 is 19.5 Å². The van der Waals surface area contributed by atoms with Crippen molar-refractivity contribution in [3.8, 4) is 11.5 Å². The third-order valence-corrected chi connectivity index (χ3v) is 6.41. The highest BCUT2D eigenvalue weighted by Crippen LogP contribution is 2.41.